The lowest BCUT2D eigenvalue weighted by Gasteiger charge is -2.15. The van der Waals surface area contributed by atoms with Gasteiger partial charge in [0, 0.05) is 31.2 Å². The molecule has 0 amide bonds. The summed E-state index contributed by atoms with van der Waals surface area (Å²) in [5, 5.41) is 14.0. The molecule has 0 saturated carbocycles. The van der Waals surface area contributed by atoms with Crippen molar-refractivity contribution in [3.8, 4) is 5.75 Å². The molecule has 2 aromatic rings. The molecule has 0 aliphatic rings. The van der Waals surface area contributed by atoms with Crippen molar-refractivity contribution in [1.29, 1.82) is 0 Å². The molecule has 0 saturated heterocycles. The number of rotatable bonds is 6. The topological polar surface area (TPSA) is 76.4 Å². The molecule has 0 aliphatic heterocycles. The van der Waals surface area contributed by atoms with Gasteiger partial charge in [0.1, 0.15) is 12.1 Å². The molecule has 12 heteroatoms. The lowest BCUT2D eigenvalue weighted by Crippen LogP contribution is -2.37. The lowest BCUT2D eigenvalue weighted by atomic mass is 10.2. The number of hydrogen-bond donors (Lipinski definition) is 2. The Morgan fingerprint density at radius 3 is 2.58 bits per heavy atom. The van der Waals surface area contributed by atoms with Gasteiger partial charge >= 0.3 is 6.61 Å². The van der Waals surface area contributed by atoms with Gasteiger partial charge in [0.05, 0.1) is 11.6 Å². The van der Waals surface area contributed by atoms with Crippen molar-refractivity contribution in [3.63, 3.8) is 0 Å². The van der Waals surface area contributed by atoms with Gasteiger partial charge in [-0.05, 0) is 12.1 Å². The van der Waals surface area contributed by atoms with E-state index in [4.69, 9.17) is 23.2 Å². The highest BCUT2D eigenvalue weighted by atomic mass is 127. The van der Waals surface area contributed by atoms with Crippen molar-refractivity contribution in [1.82, 2.24) is 25.4 Å². The Kier molecular flexibility index (Phi) is 9.30. The Bertz CT molecular complexity index is 759. The second-order valence-corrected chi connectivity index (χ2v) is 5.74. The van der Waals surface area contributed by atoms with Crippen molar-refractivity contribution in [2.24, 2.45) is 12.0 Å². The molecular weight excluding hydrogens is 504 g/mol. The van der Waals surface area contributed by atoms with Crippen LogP contribution in [0.3, 0.4) is 0 Å². The van der Waals surface area contributed by atoms with E-state index in [1.54, 1.807) is 17.9 Å². The van der Waals surface area contributed by atoms with Crippen molar-refractivity contribution in [3.05, 3.63) is 39.9 Å². The van der Waals surface area contributed by atoms with Crippen LogP contribution < -0.4 is 15.4 Å². The maximum absolute atomic E-state index is 12.6. The second-order valence-electron chi connectivity index (χ2n) is 4.89. The quantitative estimate of drug-likeness (QED) is 0.347. The van der Waals surface area contributed by atoms with E-state index >= 15 is 0 Å². The highest BCUT2D eigenvalue weighted by molar-refractivity contribution is 14.0. The summed E-state index contributed by atoms with van der Waals surface area (Å²) in [6.07, 6.45) is 1.58. The van der Waals surface area contributed by atoms with E-state index < -0.39 is 6.61 Å². The van der Waals surface area contributed by atoms with Gasteiger partial charge in [0.2, 0.25) is 0 Å². The van der Waals surface area contributed by atoms with Crippen LogP contribution in [0.1, 0.15) is 11.4 Å². The number of guanidine groups is 1. The fourth-order valence-corrected chi connectivity index (χ4v) is 2.58. The molecule has 2 N–H and O–H groups in total. The molecule has 1 aromatic carbocycles. The number of benzene rings is 1. The van der Waals surface area contributed by atoms with Crippen molar-refractivity contribution in [2.45, 2.75) is 19.7 Å². The van der Waals surface area contributed by atoms with E-state index in [0.29, 0.717) is 28.9 Å². The average Bonchev–Trinajstić information content (AvgIpc) is 2.95. The number of aromatic nitrogens is 3. The fourth-order valence-electron chi connectivity index (χ4n) is 2.00. The first-order valence-electron chi connectivity index (χ1n) is 7.10. The molecule has 1 heterocycles. The zero-order chi connectivity index (χ0) is 18.4. The number of halogens is 5. The summed E-state index contributed by atoms with van der Waals surface area (Å²) in [4.78, 5) is 4.05. The molecule has 0 unspecified atom stereocenters. The standard InChI is InChI=1S/C14H16Cl2F2N6O.HI/c1-19-14(21-6-11-23-22-7-24(11)2)20-5-8-3-9(15)4-10(16)12(8)25-13(17)18;/h3-4,7,13H,5-6H2,1-2H3,(H2,19,20,21);1H. The number of nitrogens with zero attached hydrogens (tertiary/aromatic N) is 4. The summed E-state index contributed by atoms with van der Waals surface area (Å²) < 4.78 is 31.4. The van der Waals surface area contributed by atoms with Crippen LogP contribution in [0.2, 0.25) is 10.0 Å². The lowest BCUT2D eigenvalue weighted by molar-refractivity contribution is -0.0504. The normalized spacial score (nSPS) is 11.3. The molecule has 26 heavy (non-hydrogen) atoms. The molecule has 1 aromatic heterocycles. The highest BCUT2D eigenvalue weighted by Crippen LogP contribution is 2.33. The fraction of sp³-hybridized carbons (Fsp3) is 0.357. The van der Waals surface area contributed by atoms with E-state index in [2.05, 4.69) is 30.6 Å². The minimum Gasteiger partial charge on any atom is -0.433 e. The van der Waals surface area contributed by atoms with Crippen LogP contribution in [-0.2, 0) is 20.1 Å². The highest BCUT2D eigenvalue weighted by Gasteiger charge is 2.15. The average molecular weight is 521 g/mol. The summed E-state index contributed by atoms with van der Waals surface area (Å²) >= 11 is 11.9. The third-order valence-electron chi connectivity index (χ3n) is 3.18. The zero-order valence-electron chi connectivity index (χ0n) is 13.8. The second kappa shape index (κ2) is 10.7. The number of ether oxygens (including phenoxy) is 1. The maximum Gasteiger partial charge on any atom is 0.387 e. The van der Waals surface area contributed by atoms with Gasteiger partial charge in [0.15, 0.2) is 11.8 Å². The Labute approximate surface area is 176 Å². The van der Waals surface area contributed by atoms with Gasteiger partial charge in [-0.1, -0.05) is 23.2 Å². The molecule has 144 valence electrons. The third kappa shape index (κ3) is 6.40. The first-order valence-corrected chi connectivity index (χ1v) is 7.86. The Hall–Kier alpha value is -1.40. The molecule has 0 spiro atoms. The van der Waals surface area contributed by atoms with Crippen molar-refractivity contribution >= 4 is 53.1 Å². The summed E-state index contributed by atoms with van der Waals surface area (Å²) in [7, 11) is 3.39. The minimum atomic E-state index is -2.99. The number of nitrogens with one attached hydrogen (secondary N) is 2. The zero-order valence-corrected chi connectivity index (χ0v) is 17.7. The molecule has 2 rings (SSSR count). The Balaban J connectivity index is 0.00000338. The molecule has 0 fully saturated rings. The van der Waals surface area contributed by atoms with Gasteiger partial charge < -0.3 is 19.9 Å². The predicted octanol–water partition coefficient (Wildman–Crippen LogP) is 3.21. The number of alkyl halides is 2. The number of aryl methyl sites for hydroxylation is 1. The van der Waals surface area contributed by atoms with Crippen molar-refractivity contribution in [2.75, 3.05) is 7.05 Å². The van der Waals surface area contributed by atoms with Crippen LogP contribution >= 0.6 is 47.2 Å². The molecule has 0 atom stereocenters. The van der Waals surface area contributed by atoms with E-state index in [0.717, 1.165) is 0 Å². The number of aliphatic imine (C=N–C) groups is 1. The van der Waals surface area contributed by atoms with Gasteiger partial charge in [-0.25, -0.2) is 0 Å². The molecule has 0 radical (unpaired) electrons. The maximum atomic E-state index is 12.6. The van der Waals surface area contributed by atoms with Crippen LogP contribution in [-0.4, -0.2) is 34.4 Å². The SMILES string of the molecule is CN=C(NCc1cc(Cl)cc(Cl)c1OC(F)F)NCc1nncn1C.I. The van der Waals surface area contributed by atoms with Crippen LogP contribution in [0, 0.1) is 0 Å². The first-order chi connectivity index (χ1) is 11.9. The van der Waals surface area contributed by atoms with E-state index in [9.17, 15) is 8.78 Å². The summed E-state index contributed by atoms with van der Waals surface area (Å²) in [6, 6.07) is 2.83. The predicted molar refractivity (Wildman–Crippen MR) is 107 cm³/mol. The van der Waals surface area contributed by atoms with Gasteiger partial charge in [0.25, 0.3) is 0 Å². The summed E-state index contributed by atoms with van der Waals surface area (Å²) in [5.74, 6) is 1.01. The summed E-state index contributed by atoms with van der Waals surface area (Å²) in [6.45, 7) is -2.49. The first kappa shape index (κ1) is 22.6. The molecular formula is C14H17Cl2F2IN6O. The molecule has 0 aliphatic carbocycles. The van der Waals surface area contributed by atoms with Crippen molar-refractivity contribution < 1.29 is 13.5 Å². The van der Waals surface area contributed by atoms with Crippen LogP contribution in [0.5, 0.6) is 5.75 Å². The minimum absolute atomic E-state index is 0. The van der Waals surface area contributed by atoms with Crippen LogP contribution in [0.4, 0.5) is 8.78 Å². The third-order valence-corrected chi connectivity index (χ3v) is 3.68. The Morgan fingerprint density at radius 2 is 2.00 bits per heavy atom. The smallest absolute Gasteiger partial charge is 0.387 e. The Morgan fingerprint density at radius 1 is 1.31 bits per heavy atom. The van der Waals surface area contributed by atoms with Gasteiger partial charge in [-0.2, -0.15) is 8.78 Å². The summed E-state index contributed by atoms with van der Waals surface area (Å²) in [5.41, 5.74) is 0.374. The van der Waals surface area contributed by atoms with E-state index in [1.165, 1.54) is 12.1 Å². The van der Waals surface area contributed by atoms with Crippen LogP contribution in [0.25, 0.3) is 0 Å². The van der Waals surface area contributed by atoms with E-state index in [-0.39, 0.29) is 41.3 Å². The molecule has 0 bridgehead atoms. The largest absolute Gasteiger partial charge is 0.433 e. The van der Waals surface area contributed by atoms with Gasteiger partial charge in [-0.3, -0.25) is 4.99 Å². The monoisotopic (exact) mass is 520 g/mol. The van der Waals surface area contributed by atoms with E-state index in [1.807, 2.05) is 7.05 Å². The molecule has 7 nitrogen and oxygen atoms in total. The van der Waals surface area contributed by atoms with Crippen LogP contribution in [0.15, 0.2) is 23.5 Å². The number of hydrogen-bond acceptors (Lipinski definition) is 4. The van der Waals surface area contributed by atoms with Gasteiger partial charge in [-0.15, -0.1) is 34.2 Å².